The molecule has 6 nitrogen and oxygen atoms in total. The van der Waals surface area contributed by atoms with Crippen LogP contribution in [0.25, 0.3) is 0 Å². The molecule has 0 bridgehead atoms. The van der Waals surface area contributed by atoms with Gasteiger partial charge in [0, 0.05) is 36.4 Å². The first-order chi connectivity index (χ1) is 14.0. The first-order valence-corrected chi connectivity index (χ1v) is 10.5. The highest BCUT2D eigenvalue weighted by atomic mass is 16.2. The van der Waals surface area contributed by atoms with E-state index in [0.717, 1.165) is 43.6 Å². The van der Waals surface area contributed by atoms with Crippen LogP contribution < -0.4 is 5.32 Å². The lowest BCUT2D eigenvalue weighted by molar-refractivity contribution is 0.124. The quantitative estimate of drug-likeness (QED) is 0.605. The van der Waals surface area contributed by atoms with Crippen molar-refractivity contribution in [3.63, 3.8) is 0 Å². The molecule has 1 aromatic rings. The highest BCUT2D eigenvalue weighted by Gasteiger charge is 2.35. The smallest absolute Gasteiger partial charge is 0.321 e. The molecule has 1 saturated heterocycles. The van der Waals surface area contributed by atoms with Crippen molar-refractivity contribution < 1.29 is 4.79 Å². The molecule has 29 heavy (non-hydrogen) atoms. The Labute approximate surface area is 174 Å². The molecule has 2 fully saturated rings. The molecule has 1 heterocycles. The van der Waals surface area contributed by atoms with Crippen LogP contribution in [0.5, 0.6) is 0 Å². The van der Waals surface area contributed by atoms with E-state index in [9.17, 15) is 4.79 Å². The minimum atomic E-state index is -0.0910. The van der Waals surface area contributed by atoms with Crippen molar-refractivity contribution in [2.75, 3.05) is 27.2 Å². The molecule has 2 amide bonds. The molecular formula is C23H33N5O. The number of hydrogen-bond donors (Lipinski definition) is 1. The molecule has 3 rings (SSSR count). The number of carbonyl (C=O) groups excluding carboxylic acids is 1. The summed E-state index contributed by atoms with van der Waals surface area (Å²) in [5, 5.41) is 3.11. The van der Waals surface area contributed by atoms with Crippen LogP contribution in [-0.2, 0) is 5.54 Å². The lowest BCUT2D eigenvalue weighted by Gasteiger charge is -2.41. The van der Waals surface area contributed by atoms with E-state index in [1.807, 2.05) is 13.0 Å². The van der Waals surface area contributed by atoms with Crippen molar-refractivity contribution in [2.45, 2.75) is 44.6 Å². The molecule has 2 aliphatic rings. The van der Waals surface area contributed by atoms with Crippen LogP contribution in [0.3, 0.4) is 0 Å². The van der Waals surface area contributed by atoms with Crippen LogP contribution in [-0.4, -0.2) is 55.6 Å². The van der Waals surface area contributed by atoms with Crippen molar-refractivity contribution in [3.05, 3.63) is 47.8 Å². The second-order valence-corrected chi connectivity index (χ2v) is 8.22. The van der Waals surface area contributed by atoms with Gasteiger partial charge in [0.15, 0.2) is 0 Å². The summed E-state index contributed by atoms with van der Waals surface area (Å²) in [5.41, 5.74) is 2.05. The maximum atomic E-state index is 12.8. The second-order valence-electron chi connectivity index (χ2n) is 8.22. The van der Waals surface area contributed by atoms with Gasteiger partial charge < -0.3 is 5.32 Å². The first-order valence-electron chi connectivity index (χ1n) is 10.5. The Hall–Kier alpha value is -2.47. The molecule has 6 heteroatoms. The Morgan fingerprint density at radius 2 is 2.00 bits per heavy atom. The van der Waals surface area contributed by atoms with Gasteiger partial charge >= 0.3 is 6.03 Å². The average Bonchev–Trinajstić information content (AvgIpc) is 3.54. The number of benzene rings is 1. The molecule has 0 unspecified atom stereocenters. The average molecular weight is 396 g/mol. The zero-order chi connectivity index (χ0) is 20.9. The Morgan fingerprint density at radius 3 is 2.62 bits per heavy atom. The van der Waals surface area contributed by atoms with Gasteiger partial charge in [-0.3, -0.25) is 9.80 Å². The summed E-state index contributed by atoms with van der Waals surface area (Å²) in [5.74, 6) is 1.22. The van der Waals surface area contributed by atoms with E-state index in [4.69, 9.17) is 0 Å². The Kier molecular flexibility index (Phi) is 6.85. The van der Waals surface area contributed by atoms with E-state index >= 15 is 0 Å². The number of aliphatic imine (C=N–C) groups is 2. The van der Waals surface area contributed by atoms with Crippen molar-refractivity contribution in [1.29, 1.82) is 0 Å². The normalized spacial score (nSPS) is 24.6. The first kappa shape index (κ1) is 21.2. The van der Waals surface area contributed by atoms with Gasteiger partial charge in [0.2, 0.25) is 0 Å². The van der Waals surface area contributed by atoms with Gasteiger partial charge in [0.05, 0.1) is 0 Å². The lowest BCUT2D eigenvalue weighted by Crippen LogP contribution is -2.44. The fourth-order valence-corrected chi connectivity index (χ4v) is 4.15. The van der Waals surface area contributed by atoms with Crippen LogP contribution in [0.2, 0.25) is 0 Å². The van der Waals surface area contributed by atoms with E-state index in [0.29, 0.717) is 19.0 Å². The van der Waals surface area contributed by atoms with Crippen molar-refractivity contribution in [2.24, 2.45) is 15.9 Å². The minimum Gasteiger partial charge on any atom is -0.338 e. The third-order valence-corrected chi connectivity index (χ3v) is 6.11. The van der Waals surface area contributed by atoms with Crippen LogP contribution in [0.15, 0.2) is 52.2 Å². The molecule has 1 atom stereocenters. The summed E-state index contributed by atoms with van der Waals surface area (Å²) in [7, 11) is 4.26. The zero-order valence-corrected chi connectivity index (χ0v) is 17.9. The van der Waals surface area contributed by atoms with E-state index in [1.54, 1.807) is 11.1 Å². The molecule has 0 aromatic heterocycles. The van der Waals surface area contributed by atoms with Crippen molar-refractivity contribution >= 4 is 18.6 Å². The number of amides is 2. The molecule has 156 valence electrons. The van der Waals surface area contributed by atoms with E-state index < -0.39 is 0 Å². The third-order valence-electron chi connectivity index (χ3n) is 6.11. The summed E-state index contributed by atoms with van der Waals surface area (Å²) in [4.78, 5) is 25.4. The second kappa shape index (κ2) is 9.35. The Bertz CT molecular complexity index is 782. The van der Waals surface area contributed by atoms with Gasteiger partial charge in [-0.1, -0.05) is 30.3 Å². The number of carbonyl (C=O) groups is 1. The van der Waals surface area contributed by atoms with Crippen LogP contribution >= 0.6 is 0 Å². The van der Waals surface area contributed by atoms with Crippen molar-refractivity contribution in [3.8, 4) is 0 Å². The predicted octanol–water partition coefficient (Wildman–Crippen LogP) is 4.01. The van der Waals surface area contributed by atoms with E-state index in [-0.39, 0.29) is 11.6 Å². The summed E-state index contributed by atoms with van der Waals surface area (Å²) >= 11 is 0. The zero-order valence-electron chi connectivity index (χ0n) is 17.9. The molecule has 1 aromatic carbocycles. The van der Waals surface area contributed by atoms with Gasteiger partial charge in [-0.15, -0.1) is 0 Å². The molecule has 0 radical (unpaired) electrons. The molecule has 1 aliphatic carbocycles. The van der Waals surface area contributed by atoms with Gasteiger partial charge in [0.25, 0.3) is 0 Å². The van der Waals surface area contributed by atoms with Gasteiger partial charge in [0.1, 0.15) is 5.84 Å². The summed E-state index contributed by atoms with van der Waals surface area (Å²) < 4.78 is 0. The number of urea groups is 1. The standard InChI is InChI=1S/C23H33N5O/c1-18(17-26-21(24-2)19-11-12-19)28-16-8-13-23(27(3)4,14-15-25-22(28)29)20-9-6-5-7-10-20/h5-7,9-10,17,19H,2,8,11-16H2,1,3-4H3,(H,25,29)/b18-17+,26-21?/t23-/m0/s1. The van der Waals surface area contributed by atoms with Gasteiger partial charge in [-0.25, -0.2) is 14.8 Å². The van der Waals surface area contributed by atoms with E-state index in [2.05, 4.69) is 65.3 Å². The van der Waals surface area contributed by atoms with E-state index in [1.165, 1.54) is 5.56 Å². The van der Waals surface area contributed by atoms with Gasteiger partial charge in [-0.05, 0) is 65.4 Å². The van der Waals surface area contributed by atoms with Crippen LogP contribution in [0.1, 0.15) is 44.6 Å². The summed E-state index contributed by atoms with van der Waals surface area (Å²) in [6.07, 6.45) is 6.77. The number of allylic oxidation sites excluding steroid dienone is 1. The fourth-order valence-electron chi connectivity index (χ4n) is 4.15. The maximum absolute atomic E-state index is 12.8. The lowest BCUT2D eigenvalue weighted by atomic mass is 9.81. The number of nitrogens with one attached hydrogen (secondary N) is 1. The highest BCUT2D eigenvalue weighted by molar-refractivity contribution is 5.90. The Morgan fingerprint density at radius 1 is 1.28 bits per heavy atom. The highest BCUT2D eigenvalue weighted by Crippen LogP contribution is 2.36. The SMILES string of the molecule is C=NC(=N/C=C(\C)N1CCC[C@](c2ccccc2)(N(C)C)CCNC1=O)C1CC1. The molecule has 0 spiro atoms. The largest absolute Gasteiger partial charge is 0.338 e. The summed E-state index contributed by atoms with van der Waals surface area (Å²) in [6.45, 7) is 6.84. The monoisotopic (exact) mass is 395 g/mol. The molecule has 1 saturated carbocycles. The topological polar surface area (TPSA) is 60.3 Å². The number of amidine groups is 1. The van der Waals surface area contributed by atoms with Crippen LogP contribution in [0, 0.1) is 5.92 Å². The summed E-state index contributed by atoms with van der Waals surface area (Å²) in [6, 6.07) is 10.6. The Balaban J connectivity index is 1.78. The molecule has 1 N–H and O–H groups in total. The third kappa shape index (κ3) is 4.93. The molecule has 1 aliphatic heterocycles. The predicted molar refractivity (Wildman–Crippen MR) is 119 cm³/mol. The van der Waals surface area contributed by atoms with Crippen LogP contribution in [0.4, 0.5) is 4.79 Å². The maximum Gasteiger partial charge on any atom is 0.321 e. The number of rotatable bonds is 5. The van der Waals surface area contributed by atoms with Gasteiger partial charge in [-0.2, -0.15) is 0 Å². The number of hydrogen-bond acceptors (Lipinski definition) is 3. The fraction of sp³-hybridized carbons (Fsp3) is 0.522. The molecular weight excluding hydrogens is 362 g/mol. The number of nitrogens with zero attached hydrogens (tertiary/aromatic N) is 4. The minimum absolute atomic E-state index is 0.0592. The van der Waals surface area contributed by atoms with Crippen molar-refractivity contribution in [1.82, 2.24) is 15.1 Å².